The van der Waals surface area contributed by atoms with Gasteiger partial charge in [0.15, 0.2) is 16.6 Å². The van der Waals surface area contributed by atoms with E-state index in [0.717, 1.165) is 12.8 Å². The minimum Gasteiger partial charge on any atom is -0.454 e. The average molecular weight is 511 g/mol. The van der Waals surface area contributed by atoms with Gasteiger partial charge in [0, 0.05) is 10.8 Å². The minimum absolute atomic E-state index is 0.136. The third-order valence-corrected chi connectivity index (χ3v) is 30.3. The molecule has 0 aromatic rings. The summed E-state index contributed by atoms with van der Waals surface area (Å²) in [6.07, 6.45) is 2.04. The molecule has 2 unspecified atom stereocenters. The molecule has 2 atom stereocenters. The molecule has 0 spiro atoms. The van der Waals surface area contributed by atoms with Crippen LogP contribution >= 0.6 is 33.2 Å². The summed E-state index contributed by atoms with van der Waals surface area (Å²) < 4.78 is 10.0. The van der Waals surface area contributed by atoms with Crippen LogP contribution in [0.2, 0.25) is 70.6 Å². The molecule has 0 aliphatic heterocycles. The summed E-state index contributed by atoms with van der Waals surface area (Å²) in [6.45, 7) is 28.7. The third-order valence-electron chi connectivity index (χ3n) is 5.11. The molecule has 0 aromatic carbocycles. The van der Waals surface area contributed by atoms with Gasteiger partial charge >= 0.3 is 6.00 Å². The van der Waals surface area contributed by atoms with Crippen LogP contribution in [-0.4, -0.2) is 49.0 Å². The molecule has 0 amide bonds. The van der Waals surface area contributed by atoms with Gasteiger partial charge in [0.2, 0.25) is 0 Å². The van der Waals surface area contributed by atoms with E-state index in [4.69, 9.17) is 37.4 Å². The largest absolute Gasteiger partial charge is 0.454 e. The average Bonchev–Trinajstić information content (AvgIpc) is 2.28. The Hall–Kier alpha value is 1.87. The minimum atomic E-state index is -2.79. The molecule has 0 fully saturated rings. The summed E-state index contributed by atoms with van der Waals surface area (Å²) in [5.41, 5.74) is 0.530. The van der Waals surface area contributed by atoms with Crippen molar-refractivity contribution in [2.45, 2.75) is 103 Å². The van der Waals surface area contributed by atoms with Gasteiger partial charge in [-0.1, -0.05) is 59.6 Å². The highest BCUT2D eigenvalue weighted by Crippen LogP contribution is 2.45. The van der Waals surface area contributed by atoms with E-state index in [1.54, 1.807) is 0 Å². The van der Waals surface area contributed by atoms with Gasteiger partial charge in [0.1, 0.15) is 16.5 Å². The van der Waals surface area contributed by atoms with Crippen molar-refractivity contribution in [1.82, 2.24) is 4.23 Å². The van der Waals surface area contributed by atoms with Gasteiger partial charge in [-0.2, -0.15) is 0 Å². The number of halogens is 3. The van der Waals surface area contributed by atoms with Crippen molar-refractivity contribution in [2.24, 2.45) is 0 Å². The lowest BCUT2D eigenvalue weighted by molar-refractivity contribution is 0.437. The van der Waals surface area contributed by atoms with Crippen LogP contribution in [0.5, 0.6) is 0 Å². The van der Waals surface area contributed by atoms with E-state index in [9.17, 15) is 0 Å². The lowest BCUT2D eigenvalue weighted by Gasteiger charge is -2.54. The molecule has 0 N–H and O–H groups in total. The summed E-state index contributed by atoms with van der Waals surface area (Å²) in [7, 11) is -7.06. The fourth-order valence-corrected chi connectivity index (χ4v) is 41.1. The first-order valence-electron chi connectivity index (χ1n) is 9.78. The van der Waals surface area contributed by atoms with E-state index in [2.05, 4.69) is 83.5 Å². The van der Waals surface area contributed by atoms with Crippen LogP contribution < -0.4 is 0 Å². The van der Waals surface area contributed by atoms with E-state index >= 15 is 0 Å². The topological polar surface area (TPSA) is 12.5 Å². The maximum Gasteiger partial charge on any atom is 0.344 e. The molecule has 0 aromatic heterocycles. The Morgan fingerprint density at radius 2 is 1.08 bits per heavy atom. The van der Waals surface area contributed by atoms with Crippen LogP contribution in [0.3, 0.4) is 0 Å². The predicted octanol–water partition coefficient (Wildman–Crippen LogP) is 7.68. The van der Waals surface area contributed by atoms with Crippen molar-refractivity contribution >= 4 is 72.3 Å². The zero-order chi connectivity index (χ0) is 21.4. The van der Waals surface area contributed by atoms with Crippen LogP contribution in [0, 0.1) is 0 Å². The van der Waals surface area contributed by atoms with Gasteiger partial charge in [-0.05, 0) is 32.6 Å². The Morgan fingerprint density at radius 3 is 1.31 bits per heavy atom. The quantitative estimate of drug-likeness (QED) is 0.220. The summed E-state index contributed by atoms with van der Waals surface area (Å²) in [4.78, 5) is 0. The van der Waals surface area contributed by atoms with Crippen LogP contribution in [0.4, 0.5) is 0 Å². The zero-order valence-corrected chi connectivity index (χ0v) is 26.3. The Balaban J connectivity index is 5.95. The van der Waals surface area contributed by atoms with Gasteiger partial charge in [0.25, 0.3) is 0 Å². The molecule has 0 heterocycles. The normalized spacial score (nSPS) is 17.5. The molecule has 0 aliphatic rings. The molecule has 0 aliphatic carbocycles. The second-order valence-corrected chi connectivity index (χ2v) is 38.6. The Labute approximate surface area is 182 Å². The third kappa shape index (κ3) is 7.61. The Bertz CT molecular complexity index is 444. The van der Waals surface area contributed by atoms with Crippen LogP contribution in [-0.2, 0) is 4.12 Å². The second-order valence-electron chi connectivity index (χ2n) is 10.4. The van der Waals surface area contributed by atoms with Gasteiger partial charge < -0.3 is 8.35 Å². The standard InChI is InChI=1S/C16H42Cl3NOSi5/c1-13-15(20(22(3,4)5)23(6,7)8)24(9,10)21-25(11,12)16(14-2)26(17,18)19/h15-16H,13-14H2,1-12H3. The Kier molecular flexibility index (Phi) is 10.0. The van der Waals surface area contributed by atoms with Crippen LogP contribution in [0.15, 0.2) is 0 Å². The summed E-state index contributed by atoms with van der Waals surface area (Å²) in [6, 6.07) is -2.79. The van der Waals surface area contributed by atoms with Crippen molar-refractivity contribution in [3.8, 4) is 0 Å². The number of nitrogens with zero attached hydrogens (tertiary/aromatic N) is 1. The highest BCUT2D eigenvalue weighted by atomic mass is 35.8. The maximum atomic E-state index is 7.09. The van der Waals surface area contributed by atoms with E-state index in [-0.39, 0.29) is 5.16 Å². The molecular formula is C16H42Cl3NOSi5. The SMILES string of the molecule is CCC(N([Si](C)(C)C)[Si](C)(C)C)[Si](C)(C)O[Si](C)(C)C(CC)[Si](Cl)(Cl)Cl. The van der Waals surface area contributed by atoms with Crippen molar-refractivity contribution in [2.75, 3.05) is 0 Å². The molecule has 0 rings (SSSR count). The van der Waals surface area contributed by atoms with Crippen molar-refractivity contribution in [1.29, 1.82) is 0 Å². The molecule has 0 saturated carbocycles. The Morgan fingerprint density at radius 1 is 0.692 bits per heavy atom. The van der Waals surface area contributed by atoms with E-state index in [0.29, 0.717) is 5.67 Å². The van der Waals surface area contributed by atoms with Gasteiger partial charge in [-0.25, -0.2) is 0 Å². The van der Waals surface area contributed by atoms with Crippen LogP contribution in [0.25, 0.3) is 0 Å². The summed E-state index contributed by atoms with van der Waals surface area (Å²) in [5.74, 6) is 0. The monoisotopic (exact) mass is 509 g/mol. The summed E-state index contributed by atoms with van der Waals surface area (Å²) in [5, 5.41) is 0.136. The lowest BCUT2D eigenvalue weighted by Crippen LogP contribution is -2.71. The van der Waals surface area contributed by atoms with Gasteiger partial charge in [-0.15, -0.1) is 33.2 Å². The first-order valence-corrected chi connectivity index (χ1v) is 27.8. The molecule has 0 bridgehead atoms. The smallest absolute Gasteiger partial charge is 0.344 e. The number of hydrogen-bond acceptors (Lipinski definition) is 2. The second kappa shape index (κ2) is 9.35. The van der Waals surface area contributed by atoms with E-state index in [1.807, 2.05) is 0 Å². The van der Waals surface area contributed by atoms with Gasteiger partial charge in [0.05, 0.1) is 0 Å². The van der Waals surface area contributed by atoms with E-state index < -0.39 is 39.1 Å². The molecule has 0 radical (unpaired) electrons. The molecule has 0 saturated heterocycles. The highest BCUT2D eigenvalue weighted by molar-refractivity contribution is 7.66. The van der Waals surface area contributed by atoms with Crippen molar-refractivity contribution in [3.63, 3.8) is 0 Å². The molecule has 158 valence electrons. The first kappa shape index (κ1) is 27.9. The fourth-order valence-electron chi connectivity index (χ4n) is 4.86. The zero-order valence-electron chi connectivity index (χ0n) is 19.1. The van der Waals surface area contributed by atoms with Crippen molar-refractivity contribution < 1.29 is 4.12 Å². The first-order chi connectivity index (χ1) is 11.2. The molecule has 26 heavy (non-hydrogen) atoms. The summed E-state index contributed by atoms with van der Waals surface area (Å²) >= 11 is 19.4. The van der Waals surface area contributed by atoms with Gasteiger partial charge in [-0.3, -0.25) is 0 Å². The number of hydrogen-bond donors (Lipinski definition) is 0. The predicted molar refractivity (Wildman–Crippen MR) is 136 cm³/mol. The molecular weight excluding hydrogens is 469 g/mol. The molecule has 2 nitrogen and oxygen atoms in total. The maximum absolute atomic E-state index is 7.09. The van der Waals surface area contributed by atoms with E-state index in [1.165, 1.54) is 0 Å². The molecule has 10 heteroatoms. The van der Waals surface area contributed by atoms with Crippen molar-refractivity contribution in [3.05, 3.63) is 0 Å². The van der Waals surface area contributed by atoms with Crippen LogP contribution in [0.1, 0.15) is 26.7 Å². The number of rotatable bonds is 10. The highest BCUT2D eigenvalue weighted by Gasteiger charge is 2.53. The lowest BCUT2D eigenvalue weighted by atomic mass is 10.5. The fraction of sp³-hybridized carbons (Fsp3) is 1.00.